The Hall–Kier alpha value is -1.56. The molecule has 1 amide bonds. The second kappa shape index (κ2) is 6.56. The van der Waals surface area contributed by atoms with Gasteiger partial charge in [-0.3, -0.25) is 4.79 Å². The molecule has 5 nitrogen and oxygen atoms in total. The summed E-state index contributed by atoms with van der Waals surface area (Å²) in [5, 5.41) is 2.59. The third-order valence-electron chi connectivity index (χ3n) is 2.81. The van der Waals surface area contributed by atoms with Gasteiger partial charge < -0.3 is 11.1 Å². The number of hydrogen-bond donors (Lipinski definition) is 2. The zero-order valence-electron chi connectivity index (χ0n) is 11.3. The van der Waals surface area contributed by atoms with Gasteiger partial charge in [-0.1, -0.05) is 19.4 Å². The van der Waals surface area contributed by atoms with Gasteiger partial charge in [0, 0.05) is 11.4 Å². The molecule has 3 N–H and O–H groups in total. The fourth-order valence-electron chi connectivity index (χ4n) is 1.61. The second-order valence-corrected chi connectivity index (χ2v) is 6.70. The lowest BCUT2D eigenvalue weighted by Crippen LogP contribution is -2.25. The predicted molar refractivity (Wildman–Crippen MR) is 77.8 cm³/mol. The van der Waals surface area contributed by atoms with Gasteiger partial charge in [0.25, 0.3) is 0 Å². The van der Waals surface area contributed by atoms with Gasteiger partial charge in [-0.15, -0.1) is 0 Å². The minimum absolute atomic E-state index is 0.0484. The molecule has 0 heterocycles. The Labute approximate surface area is 114 Å². The summed E-state index contributed by atoms with van der Waals surface area (Å²) in [4.78, 5) is 11.7. The molecule has 0 atom stereocenters. The molecule has 19 heavy (non-hydrogen) atoms. The highest BCUT2D eigenvalue weighted by Gasteiger charge is 2.16. The highest BCUT2D eigenvalue weighted by Crippen LogP contribution is 2.20. The van der Waals surface area contributed by atoms with Crippen LogP contribution < -0.4 is 11.1 Å². The Morgan fingerprint density at radius 2 is 2.05 bits per heavy atom. The molecule has 1 aromatic rings. The molecule has 1 rings (SSSR count). The number of carbonyl (C=O) groups is 1. The first-order valence-corrected chi connectivity index (χ1v) is 8.03. The first-order valence-electron chi connectivity index (χ1n) is 6.21. The molecule has 0 aliphatic carbocycles. The second-order valence-electron chi connectivity index (χ2n) is 4.51. The fourth-order valence-corrected chi connectivity index (χ4v) is 2.96. The van der Waals surface area contributed by atoms with Crippen LogP contribution in [0, 0.1) is 6.92 Å². The highest BCUT2D eigenvalue weighted by molar-refractivity contribution is 7.92. The van der Waals surface area contributed by atoms with Crippen LogP contribution in [0.2, 0.25) is 0 Å². The van der Waals surface area contributed by atoms with E-state index in [1.807, 2.05) is 6.92 Å². The number of sulfone groups is 1. The SMILES string of the molecule is CCCCS(=O)(=O)CC(=O)Nc1cccc(N)c1C. The Morgan fingerprint density at radius 1 is 1.37 bits per heavy atom. The van der Waals surface area contributed by atoms with Crippen molar-refractivity contribution in [1.82, 2.24) is 0 Å². The number of anilines is 2. The third kappa shape index (κ3) is 4.90. The zero-order valence-corrected chi connectivity index (χ0v) is 12.1. The van der Waals surface area contributed by atoms with Crippen molar-refractivity contribution in [2.75, 3.05) is 22.6 Å². The number of carbonyl (C=O) groups excluding carboxylic acids is 1. The molecule has 0 fully saturated rings. The molecule has 0 aliphatic rings. The molecule has 106 valence electrons. The predicted octanol–water partition coefficient (Wildman–Crippen LogP) is 1.73. The summed E-state index contributed by atoms with van der Waals surface area (Å²) in [6.45, 7) is 3.68. The average Bonchev–Trinajstić information content (AvgIpc) is 2.32. The molecule has 0 aromatic heterocycles. The number of unbranched alkanes of at least 4 members (excludes halogenated alkanes) is 1. The van der Waals surface area contributed by atoms with Crippen molar-refractivity contribution in [3.05, 3.63) is 23.8 Å². The summed E-state index contributed by atoms with van der Waals surface area (Å²) in [5.41, 5.74) is 7.57. The van der Waals surface area contributed by atoms with Crippen molar-refractivity contribution >= 4 is 27.1 Å². The van der Waals surface area contributed by atoms with Gasteiger partial charge in [0.2, 0.25) is 5.91 Å². The van der Waals surface area contributed by atoms with E-state index >= 15 is 0 Å². The lowest BCUT2D eigenvalue weighted by molar-refractivity contribution is -0.113. The molecule has 0 saturated carbocycles. The molecule has 0 unspecified atom stereocenters. The molecule has 6 heteroatoms. The van der Waals surface area contributed by atoms with Crippen molar-refractivity contribution in [2.24, 2.45) is 0 Å². The molecule has 0 bridgehead atoms. The number of rotatable bonds is 6. The monoisotopic (exact) mass is 284 g/mol. The summed E-state index contributed by atoms with van der Waals surface area (Å²) in [5.74, 6) is -0.960. The summed E-state index contributed by atoms with van der Waals surface area (Å²) in [6.07, 6.45) is 1.36. The molecule has 0 radical (unpaired) electrons. The van der Waals surface area contributed by atoms with Crippen LogP contribution in [-0.2, 0) is 14.6 Å². The Bertz CT molecular complexity index is 553. The van der Waals surface area contributed by atoms with Crippen molar-refractivity contribution < 1.29 is 13.2 Å². The van der Waals surface area contributed by atoms with Crippen LogP contribution in [-0.4, -0.2) is 25.8 Å². The van der Waals surface area contributed by atoms with Gasteiger partial charge in [0.1, 0.15) is 5.75 Å². The number of nitrogens with one attached hydrogen (secondary N) is 1. The van der Waals surface area contributed by atoms with Crippen LogP contribution in [0.4, 0.5) is 11.4 Å². The third-order valence-corrected chi connectivity index (χ3v) is 4.42. The van der Waals surface area contributed by atoms with Crippen LogP contribution in [0.15, 0.2) is 18.2 Å². The molecular weight excluding hydrogens is 264 g/mol. The number of nitrogens with two attached hydrogens (primary N) is 1. The van der Waals surface area contributed by atoms with E-state index in [-0.39, 0.29) is 5.75 Å². The normalized spacial score (nSPS) is 11.3. The summed E-state index contributed by atoms with van der Waals surface area (Å²) < 4.78 is 23.3. The van der Waals surface area contributed by atoms with E-state index in [2.05, 4.69) is 5.32 Å². The topological polar surface area (TPSA) is 89.3 Å². The minimum atomic E-state index is -3.33. The van der Waals surface area contributed by atoms with Crippen molar-refractivity contribution in [2.45, 2.75) is 26.7 Å². The van der Waals surface area contributed by atoms with Gasteiger partial charge in [0.05, 0.1) is 5.75 Å². The average molecular weight is 284 g/mol. The quantitative estimate of drug-likeness (QED) is 0.778. The van der Waals surface area contributed by atoms with E-state index in [0.717, 1.165) is 12.0 Å². The lowest BCUT2D eigenvalue weighted by Gasteiger charge is -2.10. The smallest absolute Gasteiger partial charge is 0.239 e. The Kier molecular flexibility index (Phi) is 5.35. The maximum atomic E-state index is 11.7. The Morgan fingerprint density at radius 3 is 2.68 bits per heavy atom. The van der Waals surface area contributed by atoms with Gasteiger partial charge in [0.15, 0.2) is 9.84 Å². The van der Waals surface area contributed by atoms with Crippen molar-refractivity contribution in [1.29, 1.82) is 0 Å². The van der Waals surface area contributed by atoms with Crippen LogP contribution in [0.5, 0.6) is 0 Å². The van der Waals surface area contributed by atoms with Gasteiger partial charge in [-0.2, -0.15) is 0 Å². The fraction of sp³-hybridized carbons (Fsp3) is 0.462. The largest absolute Gasteiger partial charge is 0.398 e. The van der Waals surface area contributed by atoms with Crippen LogP contribution in [0.3, 0.4) is 0 Å². The van der Waals surface area contributed by atoms with Crippen LogP contribution in [0.25, 0.3) is 0 Å². The van der Waals surface area contributed by atoms with Crippen LogP contribution >= 0.6 is 0 Å². The van der Waals surface area contributed by atoms with E-state index in [1.165, 1.54) is 0 Å². The summed E-state index contributed by atoms with van der Waals surface area (Å²) in [7, 11) is -3.33. The van der Waals surface area contributed by atoms with E-state index in [1.54, 1.807) is 25.1 Å². The zero-order chi connectivity index (χ0) is 14.5. The maximum absolute atomic E-state index is 11.7. The number of nitrogen functional groups attached to an aromatic ring is 1. The molecule has 1 aromatic carbocycles. The number of amides is 1. The van der Waals surface area contributed by atoms with Crippen LogP contribution in [0.1, 0.15) is 25.3 Å². The van der Waals surface area contributed by atoms with E-state index in [4.69, 9.17) is 5.73 Å². The molecule has 0 saturated heterocycles. The summed E-state index contributed by atoms with van der Waals surface area (Å²) >= 11 is 0. The maximum Gasteiger partial charge on any atom is 0.239 e. The van der Waals surface area contributed by atoms with Crippen molar-refractivity contribution in [3.63, 3.8) is 0 Å². The number of hydrogen-bond acceptors (Lipinski definition) is 4. The van der Waals surface area contributed by atoms with Gasteiger partial charge >= 0.3 is 0 Å². The first-order chi connectivity index (χ1) is 8.85. The highest BCUT2D eigenvalue weighted by atomic mass is 32.2. The first kappa shape index (κ1) is 15.5. The van der Waals surface area contributed by atoms with E-state index in [0.29, 0.717) is 17.8 Å². The lowest BCUT2D eigenvalue weighted by atomic mass is 10.1. The van der Waals surface area contributed by atoms with Gasteiger partial charge in [-0.05, 0) is 31.0 Å². The van der Waals surface area contributed by atoms with E-state index in [9.17, 15) is 13.2 Å². The molecular formula is C13H20N2O3S. The minimum Gasteiger partial charge on any atom is -0.398 e. The molecule has 0 aliphatic heterocycles. The Balaban J connectivity index is 2.68. The summed E-state index contributed by atoms with van der Waals surface area (Å²) in [6, 6.07) is 5.13. The van der Waals surface area contributed by atoms with E-state index < -0.39 is 21.5 Å². The number of benzene rings is 1. The van der Waals surface area contributed by atoms with Crippen molar-refractivity contribution in [3.8, 4) is 0 Å². The molecule has 0 spiro atoms. The standard InChI is InChI=1S/C13H20N2O3S/c1-3-4-8-19(17,18)9-13(16)15-12-7-5-6-11(14)10(12)2/h5-7H,3-4,8-9,14H2,1-2H3,(H,15,16). The van der Waals surface area contributed by atoms with Gasteiger partial charge in [-0.25, -0.2) is 8.42 Å².